The number of hydrogen-bond acceptors (Lipinski definition) is 3. The van der Waals surface area contributed by atoms with Gasteiger partial charge in [0.05, 0.1) is 6.04 Å². The summed E-state index contributed by atoms with van der Waals surface area (Å²) in [7, 11) is 0. The molecule has 158 valence electrons. The van der Waals surface area contributed by atoms with Gasteiger partial charge in [0.2, 0.25) is 0 Å². The van der Waals surface area contributed by atoms with E-state index in [9.17, 15) is 4.79 Å². The minimum atomic E-state index is -0.135. The van der Waals surface area contributed by atoms with Gasteiger partial charge in [-0.2, -0.15) is 0 Å². The fourth-order valence-electron chi connectivity index (χ4n) is 5.51. The summed E-state index contributed by atoms with van der Waals surface area (Å²) >= 11 is 0. The molecule has 30 heavy (non-hydrogen) atoms. The van der Waals surface area contributed by atoms with Crippen LogP contribution in [-0.4, -0.2) is 18.1 Å². The predicted octanol–water partition coefficient (Wildman–Crippen LogP) is 5.29. The normalized spacial score (nSPS) is 21.8. The molecular weight excluding hydrogens is 374 g/mol. The molecule has 0 radical (unpaired) electrons. The number of amides is 1. The van der Waals surface area contributed by atoms with Gasteiger partial charge in [-0.25, -0.2) is 0 Å². The van der Waals surface area contributed by atoms with E-state index in [1.165, 1.54) is 43.2 Å². The molecule has 2 aromatic rings. The van der Waals surface area contributed by atoms with Crippen molar-refractivity contribution in [2.75, 3.05) is 6.61 Å². The molecule has 1 atom stereocenters. The molecule has 3 aliphatic rings. The quantitative estimate of drug-likeness (QED) is 0.752. The predicted molar refractivity (Wildman–Crippen MR) is 117 cm³/mol. The van der Waals surface area contributed by atoms with Crippen LogP contribution < -0.4 is 14.8 Å². The van der Waals surface area contributed by atoms with Crippen molar-refractivity contribution in [1.82, 2.24) is 5.32 Å². The van der Waals surface area contributed by atoms with E-state index in [4.69, 9.17) is 9.47 Å². The molecule has 1 aliphatic heterocycles. The van der Waals surface area contributed by atoms with Crippen LogP contribution in [0.2, 0.25) is 0 Å². The lowest BCUT2D eigenvalue weighted by atomic mass is 9.77. The zero-order valence-electron chi connectivity index (χ0n) is 17.6. The topological polar surface area (TPSA) is 47.6 Å². The fraction of sp³-hybridized carbons (Fsp3) is 0.500. The lowest BCUT2D eigenvalue weighted by Gasteiger charge is -2.44. The highest BCUT2D eigenvalue weighted by Gasteiger charge is 2.42. The number of carbonyl (C=O) groups excluding carboxylic acids is 1. The molecule has 1 amide bonds. The summed E-state index contributed by atoms with van der Waals surface area (Å²) < 4.78 is 12.5. The first-order valence-electron chi connectivity index (χ1n) is 11.5. The highest BCUT2D eigenvalue weighted by Crippen LogP contribution is 2.46. The molecule has 1 fully saturated rings. The zero-order chi connectivity index (χ0) is 20.4. The first-order valence-corrected chi connectivity index (χ1v) is 11.5. The molecule has 4 heteroatoms. The molecule has 4 nitrogen and oxygen atoms in total. The third kappa shape index (κ3) is 3.92. The molecule has 0 unspecified atom stereocenters. The molecule has 5 rings (SSSR count). The molecule has 0 aromatic heterocycles. The Morgan fingerprint density at radius 1 is 1.00 bits per heavy atom. The van der Waals surface area contributed by atoms with Gasteiger partial charge in [-0.1, -0.05) is 36.8 Å². The molecule has 1 saturated carbocycles. The van der Waals surface area contributed by atoms with E-state index in [0.717, 1.165) is 49.2 Å². The summed E-state index contributed by atoms with van der Waals surface area (Å²) in [6, 6.07) is 14.4. The minimum absolute atomic E-state index is 0.0196. The lowest BCUT2D eigenvalue weighted by molar-refractivity contribution is -0.124. The molecule has 0 bridgehead atoms. The van der Waals surface area contributed by atoms with Crippen LogP contribution in [0.15, 0.2) is 42.5 Å². The number of hydrogen-bond donors (Lipinski definition) is 1. The Balaban J connectivity index is 1.28. The van der Waals surface area contributed by atoms with Crippen LogP contribution in [0.4, 0.5) is 0 Å². The maximum Gasteiger partial charge on any atom is 0.258 e. The van der Waals surface area contributed by atoms with E-state index in [1.807, 2.05) is 30.3 Å². The summed E-state index contributed by atoms with van der Waals surface area (Å²) in [5.41, 5.74) is 3.61. The van der Waals surface area contributed by atoms with E-state index in [0.29, 0.717) is 0 Å². The van der Waals surface area contributed by atoms with Crippen LogP contribution >= 0.6 is 0 Å². The number of ether oxygens (including phenoxy) is 2. The van der Waals surface area contributed by atoms with Crippen molar-refractivity contribution < 1.29 is 14.3 Å². The largest absolute Gasteiger partial charge is 0.487 e. The van der Waals surface area contributed by atoms with E-state index in [-0.39, 0.29) is 24.2 Å². The third-order valence-corrected chi connectivity index (χ3v) is 7.01. The maximum atomic E-state index is 12.9. The molecular formula is C26H31NO3. The van der Waals surface area contributed by atoms with Crippen molar-refractivity contribution in [2.24, 2.45) is 0 Å². The molecule has 1 spiro atoms. The first-order chi connectivity index (χ1) is 14.7. The number of rotatable bonds is 4. The van der Waals surface area contributed by atoms with Gasteiger partial charge in [-0.05, 0) is 74.6 Å². The number of fused-ring (bicyclic) bond motifs is 2. The van der Waals surface area contributed by atoms with Crippen LogP contribution in [0.1, 0.15) is 74.1 Å². The number of benzene rings is 2. The highest BCUT2D eigenvalue weighted by atomic mass is 16.5. The van der Waals surface area contributed by atoms with E-state index in [1.54, 1.807) is 0 Å². The molecule has 2 aliphatic carbocycles. The van der Waals surface area contributed by atoms with E-state index < -0.39 is 0 Å². The smallest absolute Gasteiger partial charge is 0.258 e. The Bertz CT molecular complexity index is 916. The van der Waals surface area contributed by atoms with Gasteiger partial charge in [0.15, 0.2) is 6.61 Å². The first kappa shape index (κ1) is 19.5. The van der Waals surface area contributed by atoms with Gasteiger partial charge >= 0.3 is 0 Å². The average molecular weight is 406 g/mol. The number of para-hydroxylation sites is 1. The second kappa shape index (κ2) is 8.33. The highest BCUT2D eigenvalue weighted by molar-refractivity contribution is 5.78. The summed E-state index contributed by atoms with van der Waals surface area (Å²) in [5.74, 6) is 1.74. The van der Waals surface area contributed by atoms with Gasteiger partial charge < -0.3 is 14.8 Å². The Morgan fingerprint density at radius 3 is 2.73 bits per heavy atom. The second-order valence-electron chi connectivity index (χ2n) is 9.10. The molecule has 1 heterocycles. The summed E-state index contributed by atoms with van der Waals surface area (Å²) in [6.45, 7) is 0.0585. The summed E-state index contributed by atoms with van der Waals surface area (Å²) in [4.78, 5) is 12.9. The van der Waals surface area contributed by atoms with Crippen molar-refractivity contribution in [1.29, 1.82) is 0 Å². The van der Waals surface area contributed by atoms with Gasteiger partial charge in [0.25, 0.3) is 5.91 Å². The van der Waals surface area contributed by atoms with Crippen molar-refractivity contribution in [3.63, 3.8) is 0 Å². The number of aryl methyl sites for hydroxylation is 1. The van der Waals surface area contributed by atoms with Crippen LogP contribution in [0, 0.1) is 0 Å². The van der Waals surface area contributed by atoms with Crippen molar-refractivity contribution in [3.8, 4) is 11.5 Å². The van der Waals surface area contributed by atoms with Crippen LogP contribution in [0.3, 0.4) is 0 Å². The van der Waals surface area contributed by atoms with Crippen molar-refractivity contribution in [2.45, 2.75) is 75.9 Å². The summed E-state index contributed by atoms with van der Waals surface area (Å²) in [6.07, 6.45) is 11.2. The lowest BCUT2D eigenvalue weighted by Crippen LogP contribution is -2.47. The Labute approximate surface area is 179 Å². The van der Waals surface area contributed by atoms with Crippen LogP contribution in [0.5, 0.6) is 11.5 Å². The van der Waals surface area contributed by atoms with E-state index >= 15 is 0 Å². The molecule has 1 N–H and O–H groups in total. The van der Waals surface area contributed by atoms with Crippen molar-refractivity contribution in [3.05, 3.63) is 59.2 Å². The Kier molecular flexibility index (Phi) is 5.41. The minimum Gasteiger partial charge on any atom is -0.487 e. The Hall–Kier alpha value is -2.49. The third-order valence-electron chi connectivity index (χ3n) is 7.01. The standard InChI is InChI=1S/C26H31NO3/c28-25(18-29-23-14-8-10-19-9-2-3-11-20(19)23)27-22-17-26(15-6-1-7-16-26)30-24-13-5-4-12-21(22)24/h4-5,8,10,12-14,22H,1-3,6-7,9,11,15-18H2,(H,27,28)/t22-/m0/s1. The number of carbonyl (C=O) groups is 1. The Morgan fingerprint density at radius 2 is 1.83 bits per heavy atom. The van der Waals surface area contributed by atoms with Gasteiger partial charge in [-0.15, -0.1) is 0 Å². The maximum absolute atomic E-state index is 12.9. The van der Waals surface area contributed by atoms with Gasteiger partial charge in [0, 0.05) is 12.0 Å². The second-order valence-corrected chi connectivity index (χ2v) is 9.10. The average Bonchev–Trinajstić information content (AvgIpc) is 2.78. The van der Waals surface area contributed by atoms with Crippen LogP contribution in [-0.2, 0) is 17.6 Å². The molecule has 2 aromatic carbocycles. The SMILES string of the molecule is O=C(COc1cccc2c1CCCC2)N[C@H]1CC2(CCCCC2)Oc2ccccc21. The van der Waals surface area contributed by atoms with Crippen molar-refractivity contribution >= 4 is 5.91 Å². The monoisotopic (exact) mass is 405 g/mol. The van der Waals surface area contributed by atoms with Gasteiger partial charge in [-0.3, -0.25) is 4.79 Å². The van der Waals surface area contributed by atoms with E-state index in [2.05, 4.69) is 17.4 Å². The zero-order valence-corrected chi connectivity index (χ0v) is 17.6. The molecule has 0 saturated heterocycles. The van der Waals surface area contributed by atoms with Crippen LogP contribution in [0.25, 0.3) is 0 Å². The fourth-order valence-corrected chi connectivity index (χ4v) is 5.51. The number of nitrogens with one attached hydrogen (secondary N) is 1. The van der Waals surface area contributed by atoms with Gasteiger partial charge in [0.1, 0.15) is 17.1 Å². The summed E-state index contributed by atoms with van der Waals surface area (Å²) in [5, 5.41) is 3.25.